The molecule has 2 aliphatic rings. The van der Waals surface area contributed by atoms with Gasteiger partial charge in [-0.2, -0.15) is 0 Å². The van der Waals surface area contributed by atoms with Gasteiger partial charge in [-0.1, -0.05) is 6.92 Å². The van der Waals surface area contributed by atoms with E-state index in [1.165, 1.54) is 0 Å². The fraction of sp³-hybridized carbons (Fsp3) is 0.867. The Balaban J connectivity index is 1.90. The number of ether oxygens (including phenoxy) is 1. The van der Waals surface area contributed by atoms with Gasteiger partial charge in [0, 0.05) is 19.6 Å². The molecule has 0 aromatic rings. The molecule has 0 radical (unpaired) electrons. The monoisotopic (exact) mass is 297 g/mol. The zero-order valence-electron chi connectivity index (χ0n) is 13.4. The van der Waals surface area contributed by atoms with Gasteiger partial charge >= 0.3 is 0 Å². The molecule has 0 saturated carbocycles. The summed E-state index contributed by atoms with van der Waals surface area (Å²) >= 11 is 0. The topological polar surface area (TPSA) is 53.1 Å². The normalized spacial score (nSPS) is 25.9. The molecule has 0 aromatic carbocycles. The molecule has 2 atom stereocenters. The standard InChI is InChI=1S/C15H27N3O3/c1-4-12-14(19)17-7-5-6-13(17)15(20)18(12)9-11-21-10-8-16(2)3/h12-13H,4-11H2,1-3H3. The van der Waals surface area contributed by atoms with Crippen LogP contribution in [-0.4, -0.2) is 85.5 Å². The Bertz CT molecular complexity index is 386. The Labute approximate surface area is 127 Å². The zero-order valence-corrected chi connectivity index (χ0v) is 13.4. The predicted molar refractivity (Wildman–Crippen MR) is 79.9 cm³/mol. The molecule has 120 valence electrons. The van der Waals surface area contributed by atoms with Crippen LogP contribution in [0.4, 0.5) is 0 Å². The average Bonchev–Trinajstić information content (AvgIpc) is 2.93. The molecule has 2 heterocycles. The van der Waals surface area contributed by atoms with Crippen molar-refractivity contribution in [2.45, 2.75) is 38.3 Å². The summed E-state index contributed by atoms with van der Waals surface area (Å²) in [6.45, 7) is 5.22. The van der Waals surface area contributed by atoms with Crippen LogP contribution in [0.15, 0.2) is 0 Å². The average molecular weight is 297 g/mol. The molecular weight excluding hydrogens is 270 g/mol. The summed E-state index contributed by atoms with van der Waals surface area (Å²) in [5, 5.41) is 0. The van der Waals surface area contributed by atoms with Gasteiger partial charge in [0.05, 0.1) is 13.2 Å². The van der Waals surface area contributed by atoms with Crippen LogP contribution in [0, 0.1) is 0 Å². The molecule has 2 amide bonds. The second-order valence-electron chi connectivity index (χ2n) is 6.06. The van der Waals surface area contributed by atoms with Crippen LogP contribution in [0.3, 0.4) is 0 Å². The number of carbonyl (C=O) groups excluding carboxylic acids is 2. The van der Waals surface area contributed by atoms with E-state index in [1.54, 1.807) is 9.80 Å². The number of likely N-dealkylation sites (N-methyl/N-ethyl adjacent to an activating group) is 1. The summed E-state index contributed by atoms with van der Waals surface area (Å²) in [4.78, 5) is 30.6. The lowest BCUT2D eigenvalue weighted by Gasteiger charge is -2.42. The first-order chi connectivity index (χ1) is 10.1. The molecule has 0 aromatic heterocycles. The molecule has 0 aliphatic carbocycles. The second kappa shape index (κ2) is 7.22. The van der Waals surface area contributed by atoms with Crippen LogP contribution in [0.1, 0.15) is 26.2 Å². The summed E-state index contributed by atoms with van der Waals surface area (Å²) < 4.78 is 5.57. The Kier molecular flexibility index (Phi) is 5.58. The number of carbonyl (C=O) groups is 2. The van der Waals surface area contributed by atoms with Crippen molar-refractivity contribution in [3.05, 3.63) is 0 Å². The van der Waals surface area contributed by atoms with E-state index in [4.69, 9.17) is 4.74 Å². The molecule has 2 saturated heterocycles. The highest BCUT2D eigenvalue weighted by Gasteiger charge is 2.46. The van der Waals surface area contributed by atoms with Gasteiger partial charge in [-0.3, -0.25) is 9.59 Å². The van der Waals surface area contributed by atoms with Crippen molar-refractivity contribution in [2.75, 3.05) is 46.9 Å². The maximum absolute atomic E-state index is 12.6. The third-order valence-electron chi connectivity index (χ3n) is 4.31. The van der Waals surface area contributed by atoms with Crippen molar-refractivity contribution < 1.29 is 14.3 Å². The first-order valence-corrected chi connectivity index (χ1v) is 7.89. The summed E-state index contributed by atoms with van der Waals surface area (Å²) in [5.74, 6) is 0.225. The van der Waals surface area contributed by atoms with Crippen LogP contribution in [0.2, 0.25) is 0 Å². The summed E-state index contributed by atoms with van der Waals surface area (Å²) in [6.07, 6.45) is 2.41. The third kappa shape index (κ3) is 3.55. The van der Waals surface area contributed by atoms with Gasteiger partial charge in [-0.05, 0) is 33.4 Å². The maximum Gasteiger partial charge on any atom is 0.246 e. The van der Waals surface area contributed by atoms with E-state index < -0.39 is 0 Å². The van der Waals surface area contributed by atoms with Crippen molar-refractivity contribution in [3.63, 3.8) is 0 Å². The second-order valence-corrected chi connectivity index (χ2v) is 6.06. The molecule has 2 fully saturated rings. The van der Waals surface area contributed by atoms with Crippen LogP contribution in [0.5, 0.6) is 0 Å². The lowest BCUT2D eigenvalue weighted by atomic mass is 10.0. The molecule has 21 heavy (non-hydrogen) atoms. The fourth-order valence-electron chi connectivity index (χ4n) is 3.13. The first-order valence-electron chi connectivity index (χ1n) is 7.89. The summed E-state index contributed by atoms with van der Waals surface area (Å²) in [6, 6.07) is -0.522. The van der Waals surface area contributed by atoms with Gasteiger partial charge < -0.3 is 19.4 Å². The fourth-order valence-corrected chi connectivity index (χ4v) is 3.13. The van der Waals surface area contributed by atoms with Crippen LogP contribution >= 0.6 is 0 Å². The van der Waals surface area contributed by atoms with Crippen LogP contribution in [-0.2, 0) is 14.3 Å². The molecule has 2 unspecified atom stereocenters. The van der Waals surface area contributed by atoms with Gasteiger partial charge in [0.1, 0.15) is 12.1 Å². The highest BCUT2D eigenvalue weighted by Crippen LogP contribution is 2.27. The van der Waals surface area contributed by atoms with Crippen molar-refractivity contribution in [3.8, 4) is 0 Å². The Morgan fingerprint density at radius 1 is 1.24 bits per heavy atom. The molecule has 2 rings (SSSR count). The number of hydrogen-bond donors (Lipinski definition) is 0. The highest BCUT2D eigenvalue weighted by molar-refractivity contribution is 5.97. The quantitative estimate of drug-likeness (QED) is 0.629. The minimum absolute atomic E-state index is 0.107. The minimum Gasteiger partial charge on any atom is -0.378 e. The Morgan fingerprint density at radius 3 is 2.67 bits per heavy atom. The molecule has 0 spiro atoms. The van der Waals surface area contributed by atoms with E-state index in [2.05, 4.69) is 4.90 Å². The van der Waals surface area contributed by atoms with Gasteiger partial charge in [0.25, 0.3) is 0 Å². The number of nitrogens with zero attached hydrogens (tertiary/aromatic N) is 3. The minimum atomic E-state index is -0.302. The maximum atomic E-state index is 12.6. The molecular formula is C15H27N3O3. The molecule has 0 bridgehead atoms. The Morgan fingerprint density at radius 2 is 2.00 bits per heavy atom. The number of amides is 2. The van der Waals surface area contributed by atoms with E-state index in [1.807, 2.05) is 21.0 Å². The van der Waals surface area contributed by atoms with E-state index >= 15 is 0 Å². The Hall–Kier alpha value is -1.14. The van der Waals surface area contributed by atoms with Crippen molar-refractivity contribution in [1.82, 2.24) is 14.7 Å². The number of fused-ring (bicyclic) bond motifs is 1. The van der Waals surface area contributed by atoms with Crippen molar-refractivity contribution >= 4 is 11.8 Å². The van der Waals surface area contributed by atoms with Crippen molar-refractivity contribution in [2.24, 2.45) is 0 Å². The van der Waals surface area contributed by atoms with Crippen molar-refractivity contribution in [1.29, 1.82) is 0 Å². The largest absolute Gasteiger partial charge is 0.378 e. The van der Waals surface area contributed by atoms with E-state index in [-0.39, 0.29) is 23.9 Å². The molecule has 6 nitrogen and oxygen atoms in total. The van der Waals surface area contributed by atoms with Gasteiger partial charge in [0.2, 0.25) is 11.8 Å². The first kappa shape index (κ1) is 16.2. The molecule has 6 heteroatoms. The van der Waals surface area contributed by atoms with Gasteiger partial charge in [-0.25, -0.2) is 0 Å². The third-order valence-corrected chi connectivity index (χ3v) is 4.31. The van der Waals surface area contributed by atoms with Crippen LogP contribution in [0.25, 0.3) is 0 Å². The summed E-state index contributed by atoms with van der Waals surface area (Å²) in [5.41, 5.74) is 0. The smallest absolute Gasteiger partial charge is 0.246 e. The van der Waals surface area contributed by atoms with E-state index in [0.29, 0.717) is 26.2 Å². The van der Waals surface area contributed by atoms with Crippen LogP contribution < -0.4 is 0 Å². The lowest BCUT2D eigenvalue weighted by molar-refractivity contribution is -0.160. The SMILES string of the molecule is CCC1C(=O)N2CCCC2C(=O)N1CCOCCN(C)C. The number of rotatable bonds is 7. The number of piperazine rings is 1. The number of hydrogen-bond acceptors (Lipinski definition) is 4. The van der Waals surface area contributed by atoms with Gasteiger partial charge in [-0.15, -0.1) is 0 Å². The zero-order chi connectivity index (χ0) is 15.4. The molecule has 0 N–H and O–H groups in total. The van der Waals surface area contributed by atoms with Gasteiger partial charge in [0.15, 0.2) is 0 Å². The summed E-state index contributed by atoms with van der Waals surface area (Å²) in [7, 11) is 4.00. The van der Waals surface area contributed by atoms with E-state index in [0.717, 1.165) is 25.9 Å². The highest BCUT2D eigenvalue weighted by atomic mass is 16.5. The predicted octanol–water partition coefficient (Wildman–Crippen LogP) is 0.176. The molecule has 2 aliphatic heterocycles. The van der Waals surface area contributed by atoms with E-state index in [9.17, 15) is 9.59 Å². The lowest BCUT2D eigenvalue weighted by Crippen LogP contribution is -2.63.